The lowest BCUT2D eigenvalue weighted by Crippen LogP contribution is -2.47. The molecule has 0 unspecified atom stereocenters. The van der Waals surface area contributed by atoms with E-state index in [0.29, 0.717) is 29.2 Å². The largest absolute Gasteiger partial charge is 0.425 e. The topological polar surface area (TPSA) is 75.7 Å². The lowest BCUT2D eigenvalue weighted by Gasteiger charge is -2.25. The number of nitrogens with zero attached hydrogens (tertiary/aromatic N) is 1. The molecule has 1 aromatic rings. The van der Waals surface area contributed by atoms with Gasteiger partial charge in [-0.2, -0.15) is 0 Å². The fraction of sp³-hybridized carbons (Fsp3) is 0.500. The third-order valence-corrected chi connectivity index (χ3v) is 4.48. The first-order valence-corrected chi connectivity index (χ1v) is 8.81. The zero-order chi connectivity index (χ0) is 18.6. The lowest BCUT2D eigenvalue weighted by molar-refractivity contribution is -0.141. The van der Waals surface area contributed by atoms with Crippen molar-refractivity contribution in [2.24, 2.45) is 0 Å². The Bertz CT molecular complexity index is 684. The smallest absolute Gasteiger partial charge is 0.331 e. The number of aryl methyl sites for hydroxylation is 1. The first kappa shape index (κ1) is 19.2. The fourth-order valence-corrected chi connectivity index (χ4v) is 3.38. The number of urea groups is 1. The molecule has 1 aliphatic rings. The number of hydrogen-bond acceptors (Lipinski definition) is 4. The maximum atomic E-state index is 12.7. The van der Waals surface area contributed by atoms with Crippen molar-refractivity contribution >= 4 is 29.5 Å². The number of esters is 1. The summed E-state index contributed by atoms with van der Waals surface area (Å²) < 4.78 is 5.28. The molecule has 25 heavy (non-hydrogen) atoms. The molecule has 1 aliphatic heterocycles. The highest BCUT2D eigenvalue weighted by atomic mass is 35.5. The number of carbonyl (C=O) groups excluding carboxylic acids is 3. The van der Waals surface area contributed by atoms with E-state index in [4.69, 9.17) is 16.3 Å². The van der Waals surface area contributed by atoms with Gasteiger partial charge >= 0.3 is 12.0 Å². The highest BCUT2D eigenvalue weighted by Crippen LogP contribution is 2.28. The van der Waals surface area contributed by atoms with Crippen LogP contribution in [0.2, 0.25) is 5.02 Å². The number of halogens is 1. The molecule has 0 spiro atoms. The molecule has 3 amide bonds. The highest BCUT2D eigenvalue weighted by Gasteiger charge is 2.50. The molecule has 0 bridgehead atoms. The number of ether oxygens (including phenoxy) is 1. The summed E-state index contributed by atoms with van der Waals surface area (Å²) >= 11 is 5.87. The van der Waals surface area contributed by atoms with Gasteiger partial charge in [0.15, 0.2) is 0 Å². The van der Waals surface area contributed by atoms with Crippen molar-refractivity contribution in [1.29, 1.82) is 0 Å². The Labute approximate surface area is 152 Å². The zero-order valence-electron chi connectivity index (χ0n) is 14.7. The van der Waals surface area contributed by atoms with E-state index >= 15 is 0 Å². The monoisotopic (exact) mass is 366 g/mol. The van der Waals surface area contributed by atoms with E-state index in [1.807, 2.05) is 13.8 Å². The molecule has 1 heterocycles. The van der Waals surface area contributed by atoms with Crippen LogP contribution in [0.3, 0.4) is 0 Å². The van der Waals surface area contributed by atoms with Gasteiger partial charge in [-0.15, -0.1) is 0 Å². The molecule has 1 saturated heterocycles. The predicted molar refractivity (Wildman–Crippen MR) is 94.6 cm³/mol. The van der Waals surface area contributed by atoms with E-state index in [2.05, 4.69) is 5.32 Å². The second-order valence-electron chi connectivity index (χ2n) is 6.29. The van der Waals surface area contributed by atoms with Gasteiger partial charge in [0.05, 0.1) is 0 Å². The molecule has 136 valence electrons. The van der Waals surface area contributed by atoms with Crippen LogP contribution in [0.25, 0.3) is 0 Å². The van der Waals surface area contributed by atoms with Crippen LogP contribution in [0.1, 0.15) is 45.1 Å². The molecular formula is C18H23ClN2O4. The predicted octanol–water partition coefficient (Wildman–Crippen LogP) is 3.44. The van der Waals surface area contributed by atoms with Crippen LogP contribution in [-0.4, -0.2) is 34.9 Å². The number of benzene rings is 1. The van der Waals surface area contributed by atoms with Gasteiger partial charge in [-0.3, -0.25) is 9.69 Å². The minimum Gasteiger partial charge on any atom is -0.425 e. The Morgan fingerprint density at radius 2 is 1.88 bits per heavy atom. The number of hydrogen-bond donors (Lipinski definition) is 1. The van der Waals surface area contributed by atoms with Crippen molar-refractivity contribution in [2.45, 2.75) is 52.0 Å². The molecule has 0 aliphatic carbocycles. The van der Waals surface area contributed by atoms with Crippen molar-refractivity contribution < 1.29 is 19.1 Å². The van der Waals surface area contributed by atoms with Gasteiger partial charge in [0.1, 0.15) is 17.8 Å². The summed E-state index contributed by atoms with van der Waals surface area (Å²) in [7, 11) is 0. The minimum absolute atomic E-state index is 0.356. The van der Waals surface area contributed by atoms with Crippen LogP contribution in [0.4, 0.5) is 4.79 Å². The van der Waals surface area contributed by atoms with Crippen LogP contribution < -0.4 is 10.1 Å². The van der Waals surface area contributed by atoms with Crippen molar-refractivity contribution in [3.8, 4) is 5.75 Å². The Kier molecular flexibility index (Phi) is 6.06. The van der Waals surface area contributed by atoms with Crippen LogP contribution in [0, 0.1) is 6.92 Å². The summed E-state index contributed by atoms with van der Waals surface area (Å²) in [5.74, 6) is -0.668. The summed E-state index contributed by atoms with van der Waals surface area (Å²) in [5.41, 5.74) is -0.207. The zero-order valence-corrected chi connectivity index (χ0v) is 15.5. The van der Waals surface area contributed by atoms with Gasteiger partial charge < -0.3 is 10.1 Å². The first-order chi connectivity index (χ1) is 11.8. The first-order valence-electron chi connectivity index (χ1n) is 8.44. The van der Waals surface area contributed by atoms with Gasteiger partial charge in [-0.05, 0) is 43.5 Å². The summed E-state index contributed by atoms with van der Waals surface area (Å²) in [6.07, 6.45) is 2.61. The van der Waals surface area contributed by atoms with E-state index in [9.17, 15) is 14.4 Å². The molecule has 1 N–H and O–H groups in total. The number of amides is 3. The summed E-state index contributed by atoms with van der Waals surface area (Å²) in [6.45, 7) is 5.26. The Hall–Kier alpha value is -2.08. The molecule has 1 fully saturated rings. The van der Waals surface area contributed by atoms with Gasteiger partial charge in [0.25, 0.3) is 5.91 Å². The molecule has 0 radical (unpaired) electrons. The minimum atomic E-state index is -0.906. The quantitative estimate of drug-likeness (QED) is 0.455. The average Bonchev–Trinajstić information content (AvgIpc) is 2.75. The normalized spacial score (nSPS) is 16.1. The van der Waals surface area contributed by atoms with Crippen LogP contribution in [0.15, 0.2) is 18.2 Å². The van der Waals surface area contributed by atoms with E-state index in [-0.39, 0.29) is 5.91 Å². The Balaban J connectivity index is 2.09. The molecular weight excluding hydrogens is 344 g/mol. The Morgan fingerprint density at radius 3 is 2.44 bits per heavy atom. The molecule has 2 rings (SSSR count). The lowest BCUT2D eigenvalue weighted by atomic mass is 9.88. The van der Waals surface area contributed by atoms with Gasteiger partial charge in [0, 0.05) is 5.02 Å². The maximum absolute atomic E-state index is 12.7. The number of imide groups is 1. The number of rotatable bonds is 7. The van der Waals surface area contributed by atoms with E-state index in [0.717, 1.165) is 17.7 Å². The second kappa shape index (κ2) is 7.87. The van der Waals surface area contributed by atoms with Gasteiger partial charge in [0.2, 0.25) is 0 Å². The molecule has 6 nitrogen and oxygen atoms in total. The van der Waals surface area contributed by atoms with E-state index in [1.54, 1.807) is 25.1 Å². The SMILES string of the molecule is CCCC1(CCC)NC(=O)N(CC(=O)Oc2ccc(Cl)cc2C)C1=O. The molecule has 0 aromatic heterocycles. The molecule has 7 heteroatoms. The average molecular weight is 367 g/mol. The molecule has 1 aromatic carbocycles. The summed E-state index contributed by atoms with van der Waals surface area (Å²) in [6, 6.07) is 4.32. The van der Waals surface area contributed by atoms with Crippen molar-refractivity contribution in [3.05, 3.63) is 28.8 Å². The fourth-order valence-electron chi connectivity index (χ4n) is 3.15. The number of carbonyl (C=O) groups is 3. The third kappa shape index (κ3) is 4.12. The maximum Gasteiger partial charge on any atom is 0.331 e. The van der Waals surface area contributed by atoms with Crippen LogP contribution in [-0.2, 0) is 9.59 Å². The molecule has 0 atom stereocenters. The standard InChI is InChI=1S/C18H23ClN2O4/c1-4-8-18(9-5-2)16(23)21(17(24)20-18)11-15(22)25-14-7-6-13(19)10-12(14)3/h6-7,10H,4-5,8-9,11H2,1-3H3,(H,20,24). The van der Waals surface area contributed by atoms with Gasteiger partial charge in [-0.25, -0.2) is 9.59 Å². The molecule has 0 saturated carbocycles. The highest BCUT2D eigenvalue weighted by molar-refractivity contribution is 6.30. The summed E-state index contributed by atoms with van der Waals surface area (Å²) in [4.78, 5) is 38.1. The van der Waals surface area contributed by atoms with Crippen molar-refractivity contribution in [3.63, 3.8) is 0 Å². The Morgan fingerprint density at radius 1 is 1.24 bits per heavy atom. The van der Waals surface area contributed by atoms with Crippen LogP contribution in [0.5, 0.6) is 5.75 Å². The van der Waals surface area contributed by atoms with E-state index < -0.39 is 24.1 Å². The number of nitrogens with one attached hydrogen (secondary N) is 1. The van der Waals surface area contributed by atoms with Gasteiger partial charge in [-0.1, -0.05) is 38.3 Å². The van der Waals surface area contributed by atoms with Crippen LogP contribution >= 0.6 is 11.6 Å². The second-order valence-corrected chi connectivity index (χ2v) is 6.72. The van der Waals surface area contributed by atoms with Crippen molar-refractivity contribution in [1.82, 2.24) is 10.2 Å². The van der Waals surface area contributed by atoms with Crippen molar-refractivity contribution in [2.75, 3.05) is 6.54 Å². The van der Waals surface area contributed by atoms with E-state index in [1.165, 1.54) is 0 Å². The third-order valence-electron chi connectivity index (χ3n) is 4.25. The summed E-state index contributed by atoms with van der Waals surface area (Å²) in [5, 5.41) is 3.31.